The van der Waals surface area contributed by atoms with E-state index in [-0.39, 0.29) is 17.5 Å². The molecule has 0 aromatic rings. The van der Waals surface area contributed by atoms with Gasteiger partial charge in [-0.15, -0.1) is 0 Å². The number of unbranched alkanes of at least 4 members (excludes halogenated alkanes) is 1. The minimum atomic E-state index is -0.406. The summed E-state index contributed by atoms with van der Waals surface area (Å²) in [7, 11) is 0. The van der Waals surface area contributed by atoms with Crippen molar-refractivity contribution in [2.45, 2.75) is 112 Å². The van der Waals surface area contributed by atoms with Crippen molar-refractivity contribution in [3.63, 3.8) is 0 Å². The van der Waals surface area contributed by atoms with Crippen LogP contribution in [-0.4, -0.2) is 17.7 Å². The second kappa shape index (κ2) is 14.4. The first-order valence-electron chi connectivity index (χ1n) is 12.7. The molecule has 0 spiro atoms. The van der Waals surface area contributed by atoms with Crippen molar-refractivity contribution in [2.24, 2.45) is 17.8 Å². The Labute approximate surface area is 198 Å². The third-order valence-electron chi connectivity index (χ3n) is 5.92. The number of hydrogen-bond donors (Lipinski definition) is 0. The van der Waals surface area contributed by atoms with Gasteiger partial charge in [0.2, 0.25) is 0 Å². The highest BCUT2D eigenvalue weighted by molar-refractivity contribution is 5.70. The summed E-state index contributed by atoms with van der Waals surface area (Å²) in [6, 6.07) is 0. The van der Waals surface area contributed by atoms with E-state index >= 15 is 0 Å². The maximum atomic E-state index is 12.7. The monoisotopic (exact) mass is 444 g/mol. The number of ether oxygens (including phenoxy) is 2. The summed E-state index contributed by atoms with van der Waals surface area (Å²) < 4.78 is 11.9. The van der Waals surface area contributed by atoms with Crippen molar-refractivity contribution < 1.29 is 14.3 Å². The summed E-state index contributed by atoms with van der Waals surface area (Å²) in [6.45, 7) is 19.2. The van der Waals surface area contributed by atoms with Gasteiger partial charge >= 0.3 is 5.97 Å². The maximum absolute atomic E-state index is 12.7. The van der Waals surface area contributed by atoms with E-state index in [1.165, 1.54) is 6.42 Å². The lowest BCUT2D eigenvalue weighted by atomic mass is 9.82. The average Bonchev–Trinajstić information content (AvgIpc) is 2.70. The number of carbonyl (C=O) groups excluding carboxylic acids is 1. The summed E-state index contributed by atoms with van der Waals surface area (Å²) >= 11 is 0. The highest BCUT2D eigenvalue weighted by Crippen LogP contribution is 2.30. The van der Waals surface area contributed by atoms with E-state index in [1.54, 1.807) is 5.57 Å². The zero-order chi connectivity index (χ0) is 24.1. The minimum Gasteiger partial charge on any atom is -0.489 e. The van der Waals surface area contributed by atoms with Gasteiger partial charge in [-0.1, -0.05) is 76.6 Å². The predicted octanol–water partition coefficient (Wildman–Crippen LogP) is 8.33. The summed E-state index contributed by atoms with van der Waals surface area (Å²) in [5.41, 5.74) is 1.19. The van der Waals surface area contributed by atoms with E-state index in [1.807, 2.05) is 32.9 Å². The van der Waals surface area contributed by atoms with E-state index in [0.717, 1.165) is 38.5 Å². The van der Waals surface area contributed by atoms with E-state index in [4.69, 9.17) is 9.47 Å². The van der Waals surface area contributed by atoms with E-state index in [2.05, 4.69) is 52.5 Å². The third kappa shape index (κ3) is 11.2. The van der Waals surface area contributed by atoms with Gasteiger partial charge in [-0.2, -0.15) is 0 Å². The molecule has 0 amide bonds. The van der Waals surface area contributed by atoms with Gasteiger partial charge in [0.25, 0.3) is 0 Å². The number of esters is 1. The molecule has 3 unspecified atom stereocenters. The average molecular weight is 445 g/mol. The Balaban J connectivity index is 2.80. The fraction of sp³-hybridized carbons (Fsp3) is 0.690. The number of rotatable bonds is 14. The Morgan fingerprint density at radius 2 is 1.94 bits per heavy atom. The largest absolute Gasteiger partial charge is 0.489 e. The third-order valence-corrected chi connectivity index (χ3v) is 5.92. The van der Waals surface area contributed by atoms with Gasteiger partial charge in [-0.05, 0) is 77.0 Å². The lowest BCUT2D eigenvalue weighted by molar-refractivity contribution is -0.151. The second-order valence-electron chi connectivity index (χ2n) is 10.4. The standard InChI is InChI=1S/C29H48O3/c1-9-11-18-25(26(10-2)22(3)4)19-15-20-27(23(5)32-29(6,7)8)31-28(30)21-24-16-13-12-14-17-24/h12-14,16,18,22,24,26-27H,5,9-11,15,17,19-21H2,1-4,6-8H3/b25-18-. The molecule has 0 aliphatic heterocycles. The quantitative estimate of drug-likeness (QED) is 0.153. The van der Waals surface area contributed by atoms with Crippen LogP contribution in [0.1, 0.15) is 99.8 Å². The van der Waals surface area contributed by atoms with Crippen LogP contribution in [0.4, 0.5) is 0 Å². The molecule has 1 aliphatic carbocycles. The van der Waals surface area contributed by atoms with Gasteiger partial charge in [0.1, 0.15) is 11.4 Å². The fourth-order valence-electron chi connectivity index (χ4n) is 4.37. The van der Waals surface area contributed by atoms with E-state index in [9.17, 15) is 4.79 Å². The highest BCUT2D eigenvalue weighted by atomic mass is 16.6. The molecule has 0 aromatic carbocycles. The lowest BCUT2D eigenvalue weighted by Crippen LogP contribution is -2.28. The zero-order valence-electron chi connectivity index (χ0n) is 21.8. The molecule has 0 bridgehead atoms. The van der Waals surface area contributed by atoms with Crippen molar-refractivity contribution in [3.05, 3.63) is 48.3 Å². The van der Waals surface area contributed by atoms with Gasteiger partial charge in [-0.3, -0.25) is 4.79 Å². The molecule has 1 rings (SSSR count). The van der Waals surface area contributed by atoms with Gasteiger partial charge in [0, 0.05) is 0 Å². The molecule has 1 aliphatic rings. The SMILES string of the molecule is C=C(OC(C)(C)C)C(CCC/C(=C/CCC)C(CC)C(C)C)OC(=O)CC1C=CC=CC1. The Hall–Kier alpha value is -1.77. The molecular weight excluding hydrogens is 396 g/mol. The van der Waals surface area contributed by atoms with Gasteiger partial charge in [0.15, 0.2) is 6.10 Å². The Bertz CT molecular complexity index is 660. The van der Waals surface area contributed by atoms with Crippen molar-refractivity contribution in [1.29, 1.82) is 0 Å². The molecule has 32 heavy (non-hydrogen) atoms. The minimum absolute atomic E-state index is 0.172. The van der Waals surface area contributed by atoms with Crippen LogP contribution in [0.2, 0.25) is 0 Å². The molecule has 0 radical (unpaired) electrons. The molecule has 0 saturated carbocycles. The van der Waals surface area contributed by atoms with Crippen LogP contribution < -0.4 is 0 Å². The molecule has 0 aromatic heterocycles. The summed E-state index contributed by atoms with van der Waals surface area (Å²) in [5.74, 6) is 1.84. The predicted molar refractivity (Wildman–Crippen MR) is 136 cm³/mol. The zero-order valence-corrected chi connectivity index (χ0v) is 21.8. The maximum Gasteiger partial charge on any atom is 0.307 e. The molecule has 0 N–H and O–H groups in total. The molecule has 3 nitrogen and oxygen atoms in total. The first-order chi connectivity index (χ1) is 15.1. The van der Waals surface area contributed by atoms with Crippen LogP contribution in [0, 0.1) is 17.8 Å². The lowest BCUT2D eigenvalue weighted by Gasteiger charge is -2.29. The first-order valence-corrected chi connectivity index (χ1v) is 12.7. The van der Waals surface area contributed by atoms with Crippen molar-refractivity contribution in [2.75, 3.05) is 0 Å². The van der Waals surface area contributed by atoms with Crippen LogP contribution in [0.15, 0.2) is 48.3 Å². The fourth-order valence-corrected chi connectivity index (χ4v) is 4.37. The van der Waals surface area contributed by atoms with Crippen molar-refractivity contribution in [1.82, 2.24) is 0 Å². The normalized spacial score (nSPS) is 18.5. The first kappa shape index (κ1) is 28.3. The summed E-state index contributed by atoms with van der Waals surface area (Å²) in [6.07, 6.45) is 17.7. The van der Waals surface area contributed by atoms with Crippen molar-refractivity contribution >= 4 is 5.97 Å². The van der Waals surface area contributed by atoms with Gasteiger partial charge in [-0.25, -0.2) is 0 Å². The molecule has 0 fully saturated rings. The summed E-state index contributed by atoms with van der Waals surface area (Å²) in [5, 5.41) is 0. The van der Waals surface area contributed by atoms with Crippen molar-refractivity contribution in [3.8, 4) is 0 Å². The second-order valence-corrected chi connectivity index (χ2v) is 10.4. The van der Waals surface area contributed by atoms with E-state index < -0.39 is 6.10 Å². The Kier molecular flexibility index (Phi) is 12.7. The topological polar surface area (TPSA) is 35.5 Å². The van der Waals surface area contributed by atoms with Gasteiger partial charge in [0.05, 0.1) is 6.42 Å². The number of allylic oxidation sites excluding steroid dienone is 6. The van der Waals surface area contributed by atoms with Crippen LogP contribution >= 0.6 is 0 Å². The molecule has 3 heteroatoms. The van der Waals surface area contributed by atoms with Crippen LogP contribution in [0.25, 0.3) is 0 Å². The molecule has 182 valence electrons. The molecular formula is C29H48O3. The van der Waals surface area contributed by atoms with Crippen LogP contribution in [-0.2, 0) is 14.3 Å². The highest BCUT2D eigenvalue weighted by Gasteiger charge is 2.25. The molecule has 3 atom stereocenters. The summed E-state index contributed by atoms with van der Waals surface area (Å²) in [4.78, 5) is 12.7. The number of hydrogen-bond acceptors (Lipinski definition) is 3. The molecule has 0 heterocycles. The Morgan fingerprint density at radius 1 is 1.22 bits per heavy atom. The van der Waals surface area contributed by atoms with Gasteiger partial charge < -0.3 is 9.47 Å². The van der Waals surface area contributed by atoms with E-state index in [0.29, 0.717) is 24.0 Å². The Morgan fingerprint density at radius 3 is 2.47 bits per heavy atom. The van der Waals surface area contributed by atoms with Crippen LogP contribution in [0.3, 0.4) is 0 Å². The molecule has 0 saturated heterocycles. The van der Waals surface area contributed by atoms with Crippen LogP contribution in [0.5, 0.6) is 0 Å². The number of carbonyl (C=O) groups is 1. The smallest absolute Gasteiger partial charge is 0.307 e.